The summed E-state index contributed by atoms with van der Waals surface area (Å²) in [6.07, 6.45) is 0. The van der Waals surface area contributed by atoms with Crippen LogP contribution in [0.5, 0.6) is 11.5 Å². The van der Waals surface area contributed by atoms with E-state index in [-0.39, 0.29) is 11.6 Å². The molecule has 174 valence electrons. The molecule has 1 heterocycles. The number of rotatable bonds is 6. The number of nitrogens with one attached hydrogen (secondary N) is 1. The molecule has 0 saturated carbocycles. The summed E-state index contributed by atoms with van der Waals surface area (Å²) in [5.74, 6) is 0.343. The molecule has 0 saturated heterocycles. The summed E-state index contributed by atoms with van der Waals surface area (Å²) in [5, 5.41) is 3.20. The molecule has 1 aliphatic rings. The molecule has 0 spiro atoms. The fourth-order valence-corrected chi connectivity index (χ4v) is 4.04. The van der Waals surface area contributed by atoms with E-state index >= 15 is 0 Å². The van der Waals surface area contributed by atoms with Gasteiger partial charge in [-0.1, -0.05) is 30.3 Å². The Kier molecular flexibility index (Phi) is 6.16. The molecule has 4 rings (SSSR count). The van der Waals surface area contributed by atoms with Gasteiger partial charge in [0.05, 0.1) is 31.2 Å². The van der Waals surface area contributed by atoms with Crippen LogP contribution in [0.2, 0.25) is 0 Å². The average molecular weight is 457 g/mol. The first-order valence-corrected chi connectivity index (χ1v) is 11.0. The van der Waals surface area contributed by atoms with Crippen molar-refractivity contribution in [2.75, 3.05) is 24.4 Å². The van der Waals surface area contributed by atoms with Crippen LogP contribution in [0.25, 0.3) is 5.57 Å². The Hall–Kier alpha value is -4.06. The molecule has 0 fully saturated rings. The fourth-order valence-electron chi connectivity index (χ4n) is 4.04. The van der Waals surface area contributed by atoms with Gasteiger partial charge in [-0.05, 0) is 73.7 Å². The van der Waals surface area contributed by atoms with E-state index in [4.69, 9.17) is 9.47 Å². The second-order valence-electron chi connectivity index (χ2n) is 8.41. The van der Waals surface area contributed by atoms with E-state index in [1.54, 1.807) is 38.5 Å². The Morgan fingerprint density at radius 2 is 1.53 bits per heavy atom. The van der Waals surface area contributed by atoms with E-state index in [0.29, 0.717) is 34.0 Å². The van der Waals surface area contributed by atoms with E-state index in [1.807, 2.05) is 58.0 Å². The van der Waals surface area contributed by atoms with Crippen molar-refractivity contribution < 1.29 is 19.1 Å². The molecule has 34 heavy (non-hydrogen) atoms. The van der Waals surface area contributed by atoms with Crippen molar-refractivity contribution >= 4 is 28.8 Å². The van der Waals surface area contributed by atoms with Crippen molar-refractivity contribution in [2.45, 2.75) is 27.7 Å². The Balaban J connectivity index is 1.88. The smallest absolute Gasteiger partial charge is 0.282 e. The van der Waals surface area contributed by atoms with Crippen molar-refractivity contribution in [3.05, 3.63) is 88.1 Å². The number of nitrogens with zero attached hydrogens (tertiary/aromatic N) is 1. The maximum absolute atomic E-state index is 13.8. The van der Waals surface area contributed by atoms with Gasteiger partial charge >= 0.3 is 0 Å². The van der Waals surface area contributed by atoms with Crippen molar-refractivity contribution in [3.63, 3.8) is 0 Å². The number of carbonyl (C=O) groups excluding carboxylic acids is 2. The predicted octanol–water partition coefficient (Wildman–Crippen LogP) is 5.33. The Morgan fingerprint density at radius 3 is 2.21 bits per heavy atom. The van der Waals surface area contributed by atoms with Gasteiger partial charge in [0.1, 0.15) is 17.2 Å². The number of ether oxygens (including phenoxy) is 2. The Labute approximate surface area is 199 Å². The number of aryl methyl sites for hydroxylation is 3. The first-order valence-electron chi connectivity index (χ1n) is 11.0. The van der Waals surface area contributed by atoms with Crippen LogP contribution in [0, 0.1) is 27.7 Å². The minimum absolute atomic E-state index is 0.206. The quantitative estimate of drug-likeness (QED) is 0.508. The van der Waals surface area contributed by atoms with Crippen LogP contribution in [-0.2, 0) is 9.59 Å². The molecule has 1 N–H and O–H groups in total. The normalized spacial score (nSPS) is 13.5. The summed E-state index contributed by atoms with van der Waals surface area (Å²) in [7, 11) is 3.12. The lowest BCUT2D eigenvalue weighted by molar-refractivity contribution is -0.120. The highest BCUT2D eigenvalue weighted by Crippen LogP contribution is 2.38. The van der Waals surface area contributed by atoms with Gasteiger partial charge in [0, 0.05) is 6.07 Å². The summed E-state index contributed by atoms with van der Waals surface area (Å²) in [5.41, 5.74) is 6.39. The summed E-state index contributed by atoms with van der Waals surface area (Å²) in [6.45, 7) is 7.88. The highest BCUT2D eigenvalue weighted by Gasteiger charge is 2.41. The van der Waals surface area contributed by atoms with Crippen molar-refractivity contribution in [1.82, 2.24) is 0 Å². The van der Waals surface area contributed by atoms with E-state index in [2.05, 4.69) is 5.32 Å². The molecule has 0 atom stereocenters. The number of hydrogen-bond acceptors (Lipinski definition) is 5. The van der Waals surface area contributed by atoms with Gasteiger partial charge in [-0.15, -0.1) is 0 Å². The van der Waals surface area contributed by atoms with Gasteiger partial charge in [0.25, 0.3) is 11.8 Å². The molecule has 0 aromatic heterocycles. The molecule has 0 bridgehead atoms. The molecule has 0 unspecified atom stereocenters. The monoisotopic (exact) mass is 456 g/mol. The van der Waals surface area contributed by atoms with Crippen LogP contribution in [-0.4, -0.2) is 26.0 Å². The SMILES string of the molecule is COc1ccc(NC2=C(c3ccc(C)c(C)c3)C(=O)N(c3cccc(C)c3C)C2=O)c(OC)c1. The van der Waals surface area contributed by atoms with E-state index < -0.39 is 5.91 Å². The lowest BCUT2D eigenvalue weighted by Crippen LogP contribution is -2.33. The largest absolute Gasteiger partial charge is 0.497 e. The molecule has 6 nitrogen and oxygen atoms in total. The van der Waals surface area contributed by atoms with E-state index in [1.165, 1.54) is 4.90 Å². The zero-order chi connectivity index (χ0) is 24.6. The third kappa shape index (κ3) is 3.92. The highest BCUT2D eigenvalue weighted by atomic mass is 16.5. The number of anilines is 2. The minimum atomic E-state index is -0.412. The second kappa shape index (κ2) is 9.06. The molecule has 3 aromatic carbocycles. The van der Waals surface area contributed by atoms with Crippen molar-refractivity contribution in [3.8, 4) is 11.5 Å². The van der Waals surface area contributed by atoms with Crippen LogP contribution in [0.15, 0.2) is 60.3 Å². The topological polar surface area (TPSA) is 67.9 Å². The van der Waals surface area contributed by atoms with E-state index in [0.717, 1.165) is 22.3 Å². The summed E-state index contributed by atoms with van der Waals surface area (Å²) in [4.78, 5) is 28.8. The summed E-state index contributed by atoms with van der Waals surface area (Å²) < 4.78 is 10.8. The van der Waals surface area contributed by atoms with E-state index in [9.17, 15) is 9.59 Å². The standard InChI is InChI=1S/C28H28N2O4/c1-16-10-11-20(14-18(16)3)25-26(29-22-13-12-21(33-5)15-24(22)34-6)28(32)30(27(25)31)23-9-7-8-17(2)19(23)4/h7-15,29H,1-6H3. The van der Waals surface area contributed by atoms with Gasteiger partial charge in [-0.2, -0.15) is 0 Å². The number of hydrogen-bond donors (Lipinski definition) is 1. The van der Waals surface area contributed by atoms with Crippen molar-refractivity contribution in [2.24, 2.45) is 0 Å². The zero-order valence-corrected chi connectivity index (χ0v) is 20.3. The molecule has 0 aliphatic carbocycles. The van der Waals surface area contributed by atoms with Crippen molar-refractivity contribution in [1.29, 1.82) is 0 Å². The first kappa shape index (κ1) is 23.1. The molecular formula is C28H28N2O4. The zero-order valence-electron chi connectivity index (χ0n) is 20.3. The molecule has 2 amide bonds. The lowest BCUT2D eigenvalue weighted by Gasteiger charge is -2.19. The first-order chi connectivity index (χ1) is 16.3. The summed E-state index contributed by atoms with van der Waals surface area (Å²) >= 11 is 0. The van der Waals surface area contributed by atoms with Gasteiger partial charge in [0.15, 0.2) is 0 Å². The average Bonchev–Trinajstić information content (AvgIpc) is 3.07. The predicted molar refractivity (Wildman–Crippen MR) is 134 cm³/mol. The molecule has 6 heteroatoms. The second-order valence-corrected chi connectivity index (χ2v) is 8.41. The number of amides is 2. The number of methoxy groups -OCH3 is 2. The van der Waals surface area contributed by atoms with Crippen LogP contribution in [0.1, 0.15) is 27.8 Å². The maximum atomic E-state index is 13.8. The lowest BCUT2D eigenvalue weighted by atomic mass is 9.99. The third-order valence-corrected chi connectivity index (χ3v) is 6.36. The minimum Gasteiger partial charge on any atom is -0.497 e. The number of carbonyl (C=O) groups is 2. The Morgan fingerprint density at radius 1 is 0.765 bits per heavy atom. The van der Waals surface area contributed by atoms with Gasteiger partial charge in [-0.3, -0.25) is 9.59 Å². The van der Waals surface area contributed by atoms with Crippen LogP contribution in [0.3, 0.4) is 0 Å². The van der Waals surface area contributed by atoms with Crippen LogP contribution < -0.4 is 19.7 Å². The van der Waals surface area contributed by atoms with Gasteiger partial charge in [0.2, 0.25) is 0 Å². The van der Waals surface area contributed by atoms with Crippen LogP contribution >= 0.6 is 0 Å². The van der Waals surface area contributed by atoms with Gasteiger partial charge < -0.3 is 14.8 Å². The van der Waals surface area contributed by atoms with Crippen LogP contribution in [0.4, 0.5) is 11.4 Å². The third-order valence-electron chi connectivity index (χ3n) is 6.36. The molecule has 1 aliphatic heterocycles. The number of benzene rings is 3. The maximum Gasteiger partial charge on any atom is 0.282 e. The Bertz CT molecular complexity index is 1340. The molecule has 3 aromatic rings. The number of imide groups is 1. The highest BCUT2D eigenvalue weighted by molar-refractivity contribution is 6.46. The molecular weight excluding hydrogens is 428 g/mol. The summed E-state index contributed by atoms with van der Waals surface area (Å²) in [6, 6.07) is 16.6. The fraction of sp³-hybridized carbons (Fsp3) is 0.214. The molecule has 0 radical (unpaired) electrons. The van der Waals surface area contributed by atoms with Gasteiger partial charge in [-0.25, -0.2) is 4.90 Å².